The van der Waals surface area contributed by atoms with E-state index in [1.807, 2.05) is 6.07 Å². The Kier molecular flexibility index (Phi) is 8.27. The fourth-order valence-corrected chi connectivity index (χ4v) is 6.19. The number of anilines is 1. The molecule has 2 aromatic heterocycles. The Morgan fingerprint density at radius 1 is 1.14 bits per heavy atom. The summed E-state index contributed by atoms with van der Waals surface area (Å²) in [5, 5.41) is 6.42. The van der Waals surface area contributed by atoms with Crippen LogP contribution in [0.3, 0.4) is 0 Å². The first-order valence-electron chi connectivity index (χ1n) is 11.7. The van der Waals surface area contributed by atoms with Crippen LogP contribution in [0, 0.1) is 0 Å². The molecule has 0 aliphatic carbocycles. The summed E-state index contributed by atoms with van der Waals surface area (Å²) < 4.78 is 64.7. The van der Waals surface area contributed by atoms with Crippen molar-refractivity contribution >= 4 is 15.7 Å². The van der Waals surface area contributed by atoms with E-state index < -0.39 is 27.6 Å². The summed E-state index contributed by atoms with van der Waals surface area (Å²) in [5.41, 5.74) is 1.41. The van der Waals surface area contributed by atoms with E-state index in [0.29, 0.717) is 49.5 Å². The van der Waals surface area contributed by atoms with E-state index in [9.17, 15) is 17.2 Å². The molecule has 1 unspecified atom stereocenters. The number of alkyl halides is 2. The van der Waals surface area contributed by atoms with Gasteiger partial charge in [-0.25, -0.2) is 8.42 Å². The van der Waals surface area contributed by atoms with Gasteiger partial charge in [0.2, 0.25) is 15.9 Å². The predicted octanol–water partition coefficient (Wildman–Crippen LogP) is 3.90. The second-order valence-corrected chi connectivity index (χ2v) is 10.8. The lowest BCUT2D eigenvalue weighted by Crippen LogP contribution is -2.48. The standard InChI is InChI=1S/C24H29F2N5O4S/c1-17(16-34-2)30-12-10-21(11-13-30)36(32,33)31(20-6-4-3-5-7-20)15-19-9-8-18(14-27-19)23-28-29-24(35-23)22(25)26/h3-9,14,17,21-22H,10-13,15-16H2,1-2H3. The van der Waals surface area contributed by atoms with Crippen LogP contribution in [0.2, 0.25) is 0 Å². The van der Waals surface area contributed by atoms with E-state index in [1.54, 1.807) is 43.5 Å². The molecule has 4 rings (SSSR count). The number of aromatic nitrogens is 3. The maximum atomic E-state index is 13.8. The molecule has 0 saturated carbocycles. The average Bonchev–Trinajstić information content (AvgIpc) is 3.39. The van der Waals surface area contributed by atoms with Crippen molar-refractivity contribution in [2.75, 3.05) is 31.1 Å². The molecule has 1 fully saturated rings. The second kappa shape index (κ2) is 11.4. The van der Waals surface area contributed by atoms with Gasteiger partial charge in [0.05, 0.1) is 35.3 Å². The van der Waals surface area contributed by atoms with Crippen molar-refractivity contribution in [3.8, 4) is 11.5 Å². The van der Waals surface area contributed by atoms with Gasteiger partial charge >= 0.3 is 6.43 Å². The van der Waals surface area contributed by atoms with Gasteiger partial charge < -0.3 is 9.15 Å². The molecule has 1 aromatic carbocycles. The lowest BCUT2D eigenvalue weighted by molar-refractivity contribution is 0.0870. The molecule has 0 N–H and O–H groups in total. The average molecular weight is 522 g/mol. The number of hydrogen-bond donors (Lipinski definition) is 0. The zero-order valence-electron chi connectivity index (χ0n) is 20.1. The van der Waals surface area contributed by atoms with Gasteiger partial charge in [0.25, 0.3) is 5.89 Å². The highest BCUT2D eigenvalue weighted by Crippen LogP contribution is 2.29. The fourth-order valence-electron chi connectivity index (χ4n) is 4.29. The zero-order valence-corrected chi connectivity index (χ0v) is 20.9. The number of ether oxygens (including phenoxy) is 1. The third-order valence-corrected chi connectivity index (χ3v) is 8.55. The van der Waals surface area contributed by atoms with E-state index in [4.69, 9.17) is 9.15 Å². The molecule has 0 amide bonds. The molecule has 3 aromatic rings. The van der Waals surface area contributed by atoms with E-state index >= 15 is 0 Å². The molecule has 1 saturated heterocycles. The van der Waals surface area contributed by atoms with E-state index in [2.05, 4.69) is 27.0 Å². The number of methoxy groups -OCH3 is 1. The van der Waals surface area contributed by atoms with Crippen LogP contribution < -0.4 is 4.31 Å². The minimum atomic E-state index is -3.69. The molecule has 0 bridgehead atoms. The summed E-state index contributed by atoms with van der Waals surface area (Å²) in [7, 11) is -2.03. The molecule has 0 spiro atoms. The quantitative estimate of drug-likeness (QED) is 0.396. The zero-order chi connectivity index (χ0) is 25.7. The van der Waals surface area contributed by atoms with Crippen molar-refractivity contribution in [3.05, 3.63) is 60.2 Å². The first kappa shape index (κ1) is 26.1. The van der Waals surface area contributed by atoms with Crippen molar-refractivity contribution in [2.24, 2.45) is 0 Å². The number of likely N-dealkylation sites (tertiary alicyclic amines) is 1. The van der Waals surface area contributed by atoms with E-state index in [-0.39, 0.29) is 18.5 Å². The summed E-state index contributed by atoms with van der Waals surface area (Å²) in [6.07, 6.45) is -0.409. The molecular formula is C24H29F2N5O4S. The molecule has 1 atom stereocenters. The van der Waals surface area contributed by atoms with Gasteiger partial charge in [-0.2, -0.15) is 8.78 Å². The van der Waals surface area contributed by atoms with Crippen LogP contribution in [0.5, 0.6) is 0 Å². The number of halogens is 2. The van der Waals surface area contributed by atoms with Crippen molar-refractivity contribution in [3.63, 3.8) is 0 Å². The summed E-state index contributed by atoms with van der Waals surface area (Å²) in [6, 6.07) is 12.4. The summed E-state index contributed by atoms with van der Waals surface area (Å²) in [4.78, 5) is 6.59. The van der Waals surface area contributed by atoms with Crippen molar-refractivity contribution in [1.82, 2.24) is 20.1 Å². The van der Waals surface area contributed by atoms with Gasteiger partial charge in [0.15, 0.2) is 0 Å². The highest BCUT2D eigenvalue weighted by atomic mass is 32.2. The first-order valence-corrected chi connectivity index (χ1v) is 13.2. The molecule has 9 nitrogen and oxygen atoms in total. The maximum Gasteiger partial charge on any atom is 0.314 e. The SMILES string of the molecule is COCC(C)N1CCC(S(=O)(=O)N(Cc2ccc(-c3nnc(C(F)F)o3)cn2)c2ccccc2)CC1. The lowest BCUT2D eigenvalue weighted by atomic mass is 10.1. The maximum absolute atomic E-state index is 13.8. The minimum Gasteiger partial charge on any atom is -0.415 e. The number of sulfonamides is 1. The number of para-hydroxylation sites is 1. The van der Waals surface area contributed by atoms with Gasteiger partial charge in [-0.1, -0.05) is 18.2 Å². The number of hydrogen-bond acceptors (Lipinski definition) is 8. The van der Waals surface area contributed by atoms with Gasteiger partial charge in [0.1, 0.15) is 0 Å². The van der Waals surface area contributed by atoms with Crippen LogP contribution in [0.4, 0.5) is 14.5 Å². The van der Waals surface area contributed by atoms with Crippen LogP contribution >= 0.6 is 0 Å². The Bertz CT molecular complexity index is 1220. The van der Waals surface area contributed by atoms with Gasteiger partial charge in [-0.15, -0.1) is 10.2 Å². The Balaban J connectivity index is 1.53. The van der Waals surface area contributed by atoms with Gasteiger partial charge in [-0.3, -0.25) is 14.2 Å². The molecule has 12 heteroatoms. The third kappa shape index (κ3) is 5.88. The normalized spacial score (nSPS) is 16.4. The van der Waals surface area contributed by atoms with Crippen molar-refractivity contribution in [2.45, 2.75) is 44.0 Å². The number of pyridine rings is 1. The molecule has 1 aliphatic heterocycles. The third-order valence-electron chi connectivity index (χ3n) is 6.28. The smallest absolute Gasteiger partial charge is 0.314 e. The number of piperidine rings is 1. The Hall–Kier alpha value is -2.96. The molecule has 0 radical (unpaired) electrons. The van der Waals surface area contributed by atoms with Crippen LogP contribution in [0.25, 0.3) is 11.5 Å². The van der Waals surface area contributed by atoms with Crippen molar-refractivity contribution in [1.29, 1.82) is 0 Å². The van der Waals surface area contributed by atoms with Crippen molar-refractivity contribution < 1.29 is 26.4 Å². The Morgan fingerprint density at radius 2 is 1.86 bits per heavy atom. The minimum absolute atomic E-state index is 0.0268. The first-order chi connectivity index (χ1) is 17.3. The Morgan fingerprint density at radius 3 is 2.44 bits per heavy atom. The van der Waals surface area contributed by atoms with Gasteiger partial charge in [0, 0.05) is 19.3 Å². The largest absolute Gasteiger partial charge is 0.415 e. The summed E-state index contributed by atoms with van der Waals surface area (Å²) >= 11 is 0. The fraction of sp³-hybridized carbons (Fsp3) is 0.458. The molecular weight excluding hydrogens is 492 g/mol. The van der Waals surface area contributed by atoms with Crippen LogP contribution in [-0.2, 0) is 21.3 Å². The van der Waals surface area contributed by atoms with Crippen LogP contribution in [0.15, 0.2) is 53.1 Å². The molecule has 36 heavy (non-hydrogen) atoms. The topological polar surface area (TPSA) is 102 Å². The molecule has 194 valence electrons. The van der Waals surface area contributed by atoms with E-state index in [1.165, 1.54) is 10.5 Å². The summed E-state index contributed by atoms with van der Waals surface area (Å²) in [5.74, 6) is -0.843. The number of rotatable bonds is 10. The van der Waals surface area contributed by atoms with Crippen LogP contribution in [0.1, 0.15) is 37.8 Å². The Labute approximate surface area is 209 Å². The second-order valence-electron chi connectivity index (χ2n) is 8.71. The monoisotopic (exact) mass is 521 g/mol. The summed E-state index contributed by atoms with van der Waals surface area (Å²) in [6.45, 7) is 4.05. The number of nitrogens with zero attached hydrogens (tertiary/aromatic N) is 5. The number of benzene rings is 1. The highest BCUT2D eigenvalue weighted by Gasteiger charge is 2.36. The lowest BCUT2D eigenvalue weighted by Gasteiger charge is -2.37. The highest BCUT2D eigenvalue weighted by molar-refractivity contribution is 7.93. The molecule has 1 aliphatic rings. The predicted molar refractivity (Wildman–Crippen MR) is 130 cm³/mol. The van der Waals surface area contributed by atoms with E-state index in [0.717, 1.165) is 0 Å². The van der Waals surface area contributed by atoms with Crippen LogP contribution in [-0.4, -0.2) is 66.6 Å². The van der Waals surface area contributed by atoms with Gasteiger partial charge in [-0.05, 0) is 57.1 Å². The molecule has 3 heterocycles.